The summed E-state index contributed by atoms with van der Waals surface area (Å²) in [7, 11) is 0. The van der Waals surface area contributed by atoms with E-state index in [4.69, 9.17) is 4.74 Å². The molecule has 0 saturated carbocycles. The summed E-state index contributed by atoms with van der Waals surface area (Å²) in [6, 6.07) is 5.95. The Bertz CT molecular complexity index is 598. The van der Waals surface area contributed by atoms with Gasteiger partial charge in [-0.15, -0.1) is 11.3 Å². The second kappa shape index (κ2) is 7.73. The maximum absolute atomic E-state index is 11.3. The van der Waals surface area contributed by atoms with Crippen LogP contribution in [0.4, 0.5) is 5.13 Å². The lowest BCUT2D eigenvalue weighted by atomic mass is 10.2. The van der Waals surface area contributed by atoms with Gasteiger partial charge in [0.1, 0.15) is 0 Å². The van der Waals surface area contributed by atoms with Crippen LogP contribution in [0.1, 0.15) is 30.4 Å². The monoisotopic (exact) mass is 305 g/mol. The van der Waals surface area contributed by atoms with Crippen molar-refractivity contribution in [3.8, 4) is 0 Å². The van der Waals surface area contributed by atoms with Gasteiger partial charge >= 0.3 is 5.97 Å². The minimum Gasteiger partial charge on any atom is -0.466 e. The fourth-order valence-electron chi connectivity index (χ4n) is 1.83. The molecule has 5 nitrogen and oxygen atoms in total. The van der Waals surface area contributed by atoms with Gasteiger partial charge < -0.3 is 10.1 Å². The lowest BCUT2D eigenvalue weighted by Crippen LogP contribution is -2.05. The van der Waals surface area contributed by atoms with Gasteiger partial charge in [0.15, 0.2) is 5.13 Å². The molecule has 2 rings (SSSR count). The van der Waals surface area contributed by atoms with Gasteiger partial charge in [0.05, 0.1) is 31.0 Å². The highest BCUT2D eigenvalue weighted by Gasteiger charge is 2.06. The smallest absolute Gasteiger partial charge is 0.306 e. The molecular formula is C15H19N3O2S. The van der Waals surface area contributed by atoms with Gasteiger partial charge in [0.25, 0.3) is 0 Å². The molecule has 6 heteroatoms. The third-order valence-electron chi connectivity index (χ3n) is 2.81. The van der Waals surface area contributed by atoms with Crippen molar-refractivity contribution in [1.29, 1.82) is 0 Å². The number of nitrogens with zero attached hydrogens (tertiary/aromatic N) is 2. The number of nitrogens with one attached hydrogen (secondary N) is 1. The third kappa shape index (κ3) is 5.15. The Hall–Kier alpha value is -1.95. The molecular weight excluding hydrogens is 286 g/mol. The first kappa shape index (κ1) is 15.4. The summed E-state index contributed by atoms with van der Waals surface area (Å²) in [6.07, 6.45) is 0.982. The van der Waals surface area contributed by atoms with Crippen molar-refractivity contribution in [2.24, 2.45) is 0 Å². The number of aromatic nitrogens is 2. The largest absolute Gasteiger partial charge is 0.466 e. The lowest BCUT2D eigenvalue weighted by molar-refractivity contribution is -0.143. The third-order valence-corrected chi connectivity index (χ3v) is 3.66. The highest BCUT2D eigenvalue weighted by molar-refractivity contribution is 7.13. The molecule has 112 valence electrons. The number of ether oxygens (including phenoxy) is 1. The molecule has 2 aromatic heterocycles. The Morgan fingerprint density at radius 2 is 2.19 bits per heavy atom. The standard InChI is InChI=1S/C15H19N3O2S/c1-3-20-14(19)8-7-13-10-21-15(18-13)16-9-12-6-4-5-11(2)17-12/h4-6,10H,3,7-9H2,1-2H3,(H,16,18). The Morgan fingerprint density at radius 3 is 2.95 bits per heavy atom. The fraction of sp³-hybridized carbons (Fsp3) is 0.400. The maximum atomic E-state index is 11.3. The van der Waals surface area contributed by atoms with E-state index in [1.165, 1.54) is 11.3 Å². The number of thiazole rings is 1. The van der Waals surface area contributed by atoms with Crippen molar-refractivity contribution in [3.05, 3.63) is 40.7 Å². The predicted octanol–water partition coefficient (Wildman–Crippen LogP) is 2.95. The quantitative estimate of drug-likeness (QED) is 0.797. The number of pyridine rings is 1. The van der Waals surface area contributed by atoms with Gasteiger partial charge in [-0.05, 0) is 26.0 Å². The highest BCUT2D eigenvalue weighted by Crippen LogP contribution is 2.17. The Morgan fingerprint density at radius 1 is 1.33 bits per heavy atom. The topological polar surface area (TPSA) is 64.1 Å². The van der Waals surface area contributed by atoms with Gasteiger partial charge in [0, 0.05) is 17.5 Å². The van der Waals surface area contributed by atoms with Crippen LogP contribution >= 0.6 is 11.3 Å². The second-order valence-electron chi connectivity index (χ2n) is 4.57. The van der Waals surface area contributed by atoms with Crippen LogP contribution in [0.15, 0.2) is 23.6 Å². The molecule has 21 heavy (non-hydrogen) atoms. The van der Waals surface area contributed by atoms with E-state index in [-0.39, 0.29) is 5.97 Å². The average molecular weight is 305 g/mol. The molecule has 2 aromatic rings. The first-order chi connectivity index (χ1) is 10.2. The highest BCUT2D eigenvalue weighted by atomic mass is 32.1. The number of anilines is 1. The van der Waals surface area contributed by atoms with Crippen molar-refractivity contribution in [2.45, 2.75) is 33.2 Å². The molecule has 0 fully saturated rings. The van der Waals surface area contributed by atoms with Crippen LogP contribution in [-0.2, 0) is 22.5 Å². The molecule has 0 aliphatic rings. The van der Waals surface area contributed by atoms with Crippen molar-refractivity contribution >= 4 is 22.4 Å². The van der Waals surface area contributed by atoms with Gasteiger partial charge in [-0.3, -0.25) is 9.78 Å². The van der Waals surface area contributed by atoms with Crippen LogP contribution in [0.25, 0.3) is 0 Å². The van der Waals surface area contributed by atoms with Crippen molar-refractivity contribution in [1.82, 2.24) is 9.97 Å². The second-order valence-corrected chi connectivity index (χ2v) is 5.43. The van der Waals surface area contributed by atoms with E-state index in [1.54, 1.807) is 0 Å². The Balaban J connectivity index is 1.81. The van der Waals surface area contributed by atoms with Crippen molar-refractivity contribution < 1.29 is 9.53 Å². The van der Waals surface area contributed by atoms with Crippen LogP contribution in [0.5, 0.6) is 0 Å². The first-order valence-electron chi connectivity index (χ1n) is 6.94. The van der Waals surface area contributed by atoms with Crippen LogP contribution in [0.3, 0.4) is 0 Å². The SMILES string of the molecule is CCOC(=O)CCc1csc(NCc2cccc(C)n2)n1. The van der Waals surface area contributed by atoms with Crippen LogP contribution < -0.4 is 5.32 Å². The van der Waals surface area contributed by atoms with E-state index in [1.807, 2.05) is 37.4 Å². The predicted molar refractivity (Wildman–Crippen MR) is 83.4 cm³/mol. The number of hydrogen-bond donors (Lipinski definition) is 1. The normalized spacial score (nSPS) is 10.4. The van der Waals surface area contributed by atoms with Crippen LogP contribution in [0, 0.1) is 6.92 Å². The summed E-state index contributed by atoms with van der Waals surface area (Å²) in [5.74, 6) is -0.177. The summed E-state index contributed by atoms with van der Waals surface area (Å²) < 4.78 is 4.90. The first-order valence-corrected chi connectivity index (χ1v) is 7.81. The molecule has 1 N–H and O–H groups in total. The number of esters is 1. The molecule has 0 aliphatic heterocycles. The Labute approximate surface area is 128 Å². The summed E-state index contributed by atoms with van der Waals surface area (Å²) in [5.41, 5.74) is 2.90. The zero-order chi connectivity index (χ0) is 15.1. The summed E-state index contributed by atoms with van der Waals surface area (Å²) in [6.45, 7) is 4.85. The summed E-state index contributed by atoms with van der Waals surface area (Å²) in [5, 5.41) is 6.06. The van der Waals surface area contributed by atoms with Crippen molar-refractivity contribution in [3.63, 3.8) is 0 Å². The van der Waals surface area contributed by atoms with E-state index >= 15 is 0 Å². The van der Waals surface area contributed by atoms with E-state index in [2.05, 4.69) is 15.3 Å². The number of rotatable bonds is 7. The molecule has 0 spiro atoms. The summed E-state index contributed by atoms with van der Waals surface area (Å²) in [4.78, 5) is 20.2. The number of carbonyl (C=O) groups is 1. The van der Waals surface area contributed by atoms with Crippen LogP contribution in [0.2, 0.25) is 0 Å². The number of aryl methyl sites for hydroxylation is 2. The number of carbonyl (C=O) groups excluding carboxylic acids is 1. The van der Waals surface area contributed by atoms with E-state index < -0.39 is 0 Å². The van der Waals surface area contributed by atoms with E-state index in [9.17, 15) is 4.79 Å². The molecule has 0 aliphatic carbocycles. The molecule has 0 radical (unpaired) electrons. The molecule has 0 aromatic carbocycles. The molecule has 0 bridgehead atoms. The fourth-order valence-corrected chi connectivity index (χ4v) is 2.57. The molecule has 0 atom stereocenters. The van der Waals surface area contributed by atoms with Gasteiger partial charge in [-0.25, -0.2) is 4.98 Å². The molecule has 0 saturated heterocycles. The molecule has 0 unspecified atom stereocenters. The zero-order valence-corrected chi connectivity index (χ0v) is 13.1. The number of hydrogen-bond acceptors (Lipinski definition) is 6. The van der Waals surface area contributed by atoms with Crippen LogP contribution in [-0.4, -0.2) is 22.5 Å². The van der Waals surface area contributed by atoms with Gasteiger partial charge in [-0.1, -0.05) is 6.07 Å². The van der Waals surface area contributed by atoms with E-state index in [0.717, 1.165) is 22.2 Å². The minimum absolute atomic E-state index is 0.177. The molecule has 0 amide bonds. The van der Waals surface area contributed by atoms with Gasteiger partial charge in [0.2, 0.25) is 0 Å². The molecule has 2 heterocycles. The van der Waals surface area contributed by atoms with Gasteiger partial charge in [-0.2, -0.15) is 0 Å². The van der Waals surface area contributed by atoms with E-state index in [0.29, 0.717) is 26.0 Å². The Kier molecular flexibility index (Phi) is 5.68. The zero-order valence-electron chi connectivity index (χ0n) is 12.3. The maximum Gasteiger partial charge on any atom is 0.306 e. The average Bonchev–Trinajstić information content (AvgIpc) is 2.91. The lowest BCUT2D eigenvalue weighted by Gasteiger charge is -2.03. The minimum atomic E-state index is -0.177. The summed E-state index contributed by atoms with van der Waals surface area (Å²) >= 11 is 1.54. The van der Waals surface area contributed by atoms with Crippen molar-refractivity contribution in [2.75, 3.05) is 11.9 Å².